The van der Waals surface area contributed by atoms with Gasteiger partial charge in [0.05, 0.1) is 10.9 Å². The fourth-order valence-corrected chi connectivity index (χ4v) is 1.36. The molecule has 0 fully saturated rings. The lowest BCUT2D eigenvalue weighted by Gasteiger charge is -1.97. The van der Waals surface area contributed by atoms with Crippen molar-refractivity contribution in [3.8, 4) is 6.07 Å². The smallest absolute Gasteiger partial charge is 0.275 e. The predicted molar refractivity (Wildman–Crippen MR) is 45.7 cm³/mol. The molecule has 0 radical (unpaired) electrons. The van der Waals surface area contributed by atoms with Crippen LogP contribution in [0.2, 0.25) is 0 Å². The summed E-state index contributed by atoms with van der Waals surface area (Å²) in [6.07, 6.45) is -2.85. The highest BCUT2D eigenvalue weighted by atomic mass is 19.3. The summed E-state index contributed by atoms with van der Waals surface area (Å²) in [7, 11) is 0. The molecule has 2 aromatic rings. The number of nitrogens with one attached hydrogen (secondary N) is 1. The minimum Gasteiger partial charge on any atom is -0.275 e. The van der Waals surface area contributed by atoms with Crippen molar-refractivity contribution in [1.29, 1.82) is 5.26 Å². The zero-order valence-corrected chi connectivity index (χ0v) is 7.26. The van der Waals surface area contributed by atoms with Crippen LogP contribution < -0.4 is 0 Å². The Kier molecular flexibility index (Phi) is 2.08. The van der Waals surface area contributed by atoms with E-state index < -0.39 is 17.9 Å². The summed E-state index contributed by atoms with van der Waals surface area (Å²) in [5.41, 5.74) is -0.595. The van der Waals surface area contributed by atoms with Crippen LogP contribution in [-0.4, -0.2) is 10.2 Å². The number of alkyl halides is 2. The summed E-state index contributed by atoms with van der Waals surface area (Å²) in [4.78, 5) is 0. The standard InChI is InChI=1S/C9H4F3N3/c10-5-2-1-4(3-13)7-6(5)8(9(11)12)15-14-7/h1-2,9H,(H,14,15). The molecule has 0 spiro atoms. The number of aromatic amines is 1. The van der Waals surface area contributed by atoms with Crippen molar-refractivity contribution in [3.63, 3.8) is 0 Å². The summed E-state index contributed by atoms with van der Waals surface area (Å²) < 4.78 is 38.1. The SMILES string of the molecule is N#Cc1ccc(F)c2c(C(F)F)[nH]nc12. The summed E-state index contributed by atoms with van der Waals surface area (Å²) in [5.74, 6) is -0.812. The van der Waals surface area contributed by atoms with Gasteiger partial charge in [0.15, 0.2) is 0 Å². The molecule has 0 unspecified atom stereocenters. The normalized spacial score (nSPS) is 10.9. The van der Waals surface area contributed by atoms with E-state index in [0.29, 0.717) is 0 Å². The molecule has 1 heterocycles. The van der Waals surface area contributed by atoms with Gasteiger partial charge in [-0.25, -0.2) is 13.2 Å². The highest BCUT2D eigenvalue weighted by Crippen LogP contribution is 2.29. The zero-order valence-electron chi connectivity index (χ0n) is 7.26. The first kappa shape index (κ1) is 9.52. The Morgan fingerprint density at radius 1 is 1.40 bits per heavy atom. The van der Waals surface area contributed by atoms with E-state index in [-0.39, 0.29) is 16.5 Å². The molecule has 15 heavy (non-hydrogen) atoms. The molecule has 76 valence electrons. The van der Waals surface area contributed by atoms with Gasteiger partial charge in [0.25, 0.3) is 6.43 Å². The van der Waals surface area contributed by atoms with Crippen LogP contribution in [0.5, 0.6) is 0 Å². The molecule has 0 aliphatic heterocycles. The summed E-state index contributed by atoms with van der Waals surface area (Å²) in [5, 5.41) is 13.9. The van der Waals surface area contributed by atoms with Gasteiger partial charge in [-0.05, 0) is 12.1 Å². The topological polar surface area (TPSA) is 52.5 Å². The van der Waals surface area contributed by atoms with E-state index in [9.17, 15) is 13.2 Å². The molecule has 1 aromatic carbocycles. The average molecular weight is 211 g/mol. The predicted octanol–water partition coefficient (Wildman–Crippen LogP) is 2.51. The van der Waals surface area contributed by atoms with Crippen molar-refractivity contribution in [1.82, 2.24) is 10.2 Å². The quantitative estimate of drug-likeness (QED) is 0.787. The molecule has 0 aliphatic rings. The molecule has 0 bridgehead atoms. The number of benzene rings is 1. The zero-order chi connectivity index (χ0) is 11.0. The Bertz CT molecular complexity index is 553. The number of hydrogen-bond acceptors (Lipinski definition) is 2. The van der Waals surface area contributed by atoms with E-state index in [1.807, 2.05) is 5.10 Å². The Balaban J connectivity index is 2.86. The summed E-state index contributed by atoms with van der Waals surface area (Å²) in [6, 6.07) is 3.93. The summed E-state index contributed by atoms with van der Waals surface area (Å²) >= 11 is 0. The molecule has 0 aliphatic carbocycles. The first-order valence-corrected chi connectivity index (χ1v) is 4.00. The highest BCUT2D eigenvalue weighted by Gasteiger charge is 2.19. The third-order valence-corrected chi connectivity index (χ3v) is 2.02. The average Bonchev–Trinajstić information content (AvgIpc) is 2.63. The van der Waals surface area contributed by atoms with E-state index in [4.69, 9.17) is 5.26 Å². The van der Waals surface area contributed by atoms with Gasteiger partial charge >= 0.3 is 0 Å². The van der Waals surface area contributed by atoms with Gasteiger partial charge in [-0.1, -0.05) is 0 Å². The maximum Gasteiger partial charge on any atom is 0.280 e. The highest BCUT2D eigenvalue weighted by molar-refractivity contribution is 5.87. The van der Waals surface area contributed by atoms with Crippen LogP contribution in [-0.2, 0) is 0 Å². The monoisotopic (exact) mass is 211 g/mol. The van der Waals surface area contributed by atoms with E-state index in [1.165, 1.54) is 6.07 Å². The molecule has 0 atom stereocenters. The Hall–Kier alpha value is -2.03. The van der Waals surface area contributed by atoms with Crippen molar-refractivity contribution < 1.29 is 13.2 Å². The van der Waals surface area contributed by atoms with Gasteiger partial charge in [0, 0.05) is 0 Å². The van der Waals surface area contributed by atoms with E-state index in [2.05, 4.69) is 5.10 Å². The number of fused-ring (bicyclic) bond motifs is 1. The van der Waals surface area contributed by atoms with Crippen LogP contribution >= 0.6 is 0 Å². The molecule has 1 N–H and O–H groups in total. The lowest BCUT2D eigenvalue weighted by molar-refractivity contribution is 0.147. The van der Waals surface area contributed by atoms with E-state index in [0.717, 1.165) is 6.07 Å². The molecule has 0 amide bonds. The van der Waals surface area contributed by atoms with Gasteiger partial charge in [-0.15, -0.1) is 0 Å². The number of halogens is 3. The third-order valence-electron chi connectivity index (χ3n) is 2.02. The van der Waals surface area contributed by atoms with Crippen LogP contribution in [0.25, 0.3) is 10.9 Å². The molecule has 0 saturated carbocycles. The molecule has 2 rings (SSSR count). The fraction of sp³-hybridized carbons (Fsp3) is 0.111. The largest absolute Gasteiger partial charge is 0.280 e. The van der Waals surface area contributed by atoms with E-state index in [1.54, 1.807) is 6.07 Å². The van der Waals surface area contributed by atoms with Gasteiger partial charge in [-0.2, -0.15) is 10.4 Å². The minimum absolute atomic E-state index is 0.0622. The lowest BCUT2D eigenvalue weighted by Crippen LogP contribution is -1.87. The van der Waals surface area contributed by atoms with Crippen molar-refractivity contribution >= 4 is 10.9 Å². The maximum atomic E-state index is 13.3. The number of aromatic nitrogens is 2. The van der Waals surface area contributed by atoms with Gasteiger partial charge < -0.3 is 0 Å². The van der Waals surface area contributed by atoms with E-state index >= 15 is 0 Å². The Labute approximate surface area is 82.1 Å². The number of rotatable bonds is 1. The number of hydrogen-bond donors (Lipinski definition) is 1. The van der Waals surface area contributed by atoms with Crippen LogP contribution in [0.3, 0.4) is 0 Å². The second-order valence-corrected chi connectivity index (χ2v) is 2.87. The van der Waals surface area contributed by atoms with Crippen LogP contribution in [0, 0.1) is 17.1 Å². The maximum absolute atomic E-state index is 13.3. The second-order valence-electron chi connectivity index (χ2n) is 2.87. The molecular formula is C9H4F3N3. The second kappa shape index (κ2) is 3.28. The van der Waals surface area contributed by atoms with Crippen LogP contribution in [0.15, 0.2) is 12.1 Å². The molecule has 6 heteroatoms. The Morgan fingerprint density at radius 3 is 2.73 bits per heavy atom. The van der Waals surface area contributed by atoms with Crippen LogP contribution in [0.4, 0.5) is 13.2 Å². The molecule has 0 saturated heterocycles. The molecular weight excluding hydrogens is 207 g/mol. The number of H-pyrrole nitrogens is 1. The third kappa shape index (κ3) is 1.32. The Morgan fingerprint density at radius 2 is 2.13 bits per heavy atom. The van der Waals surface area contributed by atoms with Crippen LogP contribution in [0.1, 0.15) is 17.7 Å². The van der Waals surface area contributed by atoms with Crippen molar-refractivity contribution in [2.24, 2.45) is 0 Å². The van der Waals surface area contributed by atoms with Crippen molar-refractivity contribution in [2.75, 3.05) is 0 Å². The first-order valence-electron chi connectivity index (χ1n) is 4.00. The van der Waals surface area contributed by atoms with Gasteiger partial charge in [-0.3, -0.25) is 5.10 Å². The summed E-state index contributed by atoms with van der Waals surface area (Å²) in [6.45, 7) is 0. The first-order chi connectivity index (χ1) is 7.15. The van der Waals surface area contributed by atoms with Crippen molar-refractivity contribution in [3.05, 3.63) is 29.2 Å². The molecule has 3 nitrogen and oxygen atoms in total. The van der Waals surface area contributed by atoms with Gasteiger partial charge in [0.1, 0.15) is 23.1 Å². The number of nitriles is 1. The molecule has 1 aromatic heterocycles. The minimum atomic E-state index is -2.85. The number of nitrogens with zero attached hydrogens (tertiary/aromatic N) is 2. The van der Waals surface area contributed by atoms with Gasteiger partial charge in [0.2, 0.25) is 0 Å². The lowest BCUT2D eigenvalue weighted by atomic mass is 10.1. The fourth-order valence-electron chi connectivity index (χ4n) is 1.36. The van der Waals surface area contributed by atoms with Crippen molar-refractivity contribution in [2.45, 2.75) is 6.43 Å².